The average molecular weight is 417 g/mol. The highest BCUT2D eigenvalue weighted by Gasteiger charge is 2.26. The molecule has 2 aromatic rings. The van der Waals surface area contributed by atoms with Gasteiger partial charge in [0.15, 0.2) is 0 Å². The molecule has 0 unspecified atom stereocenters. The van der Waals surface area contributed by atoms with Gasteiger partial charge in [-0.3, -0.25) is 14.4 Å². The van der Waals surface area contributed by atoms with Crippen LogP contribution in [0, 0.1) is 17.7 Å². The fourth-order valence-electron chi connectivity index (χ4n) is 3.65. The van der Waals surface area contributed by atoms with Gasteiger partial charge in [-0.1, -0.05) is 0 Å². The van der Waals surface area contributed by atoms with Crippen LogP contribution >= 0.6 is 0 Å². The molecule has 1 aromatic carbocycles. The summed E-state index contributed by atoms with van der Waals surface area (Å²) in [5, 5.41) is 16.1. The Labute approximate surface area is 172 Å². The monoisotopic (exact) mass is 417 g/mol. The normalized spacial score (nSPS) is 18.6. The molecule has 0 aliphatic heterocycles. The zero-order valence-electron chi connectivity index (χ0n) is 16.6. The van der Waals surface area contributed by atoms with Gasteiger partial charge in [0, 0.05) is 24.2 Å². The van der Waals surface area contributed by atoms with Gasteiger partial charge in [0.1, 0.15) is 18.1 Å². The fraction of sp³-hybridized carbons (Fsp3) is 0.429. The molecule has 160 valence electrons. The second-order valence-corrected chi connectivity index (χ2v) is 7.42. The Bertz CT molecular complexity index is 983. The summed E-state index contributed by atoms with van der Waals surface area (Å²) in [6.45, 7) is 0.187. The number of carboxylic acid groups (broad SMARTS) is 1. The van der Waals surface area contributed by atoms with Gasteiger partial charge in [0.25, 0.3) is 5.56 Å². The minimum atomic E-state index is -0.763. The summed E-state index contributed by atoms with van der Waals surface area (Å²) in [6.07, 6.45) is 2.71. The highest BCUT2D eigenvalue weighted by Crippen LogP contribution is 2.29. The van der Waals surface area contributed by atoms with Crippen molar-refractivity contribution in [2.75, 3.05) is 13.7 Å². The topological polar surface area (TPSA) is 111 Å². The van der Waals surface area contributed by atoms with Crippen LogP contribution in [0.5, 0.6) is 5.75 Å². The highest BCUT2D eigenvalue weighted by molar-refractivity contribution is 5.75. The fourth-order valence-corrected chi connectivity index (χ4v) is 3.65. The zero-order valence-corrected chi connectivity index (χ0v) is 16.6. The van der Waals surface area contributed by atoms with Crippen molar-refractivity contribution in [3.8, 4) is 17.0 Å². The van der Waals surface area contributed by atoms with Crippen LogP contribution in [0.2, 0.25) is 0 Å². The quantitative estimate of drug-likeness (QED) is 0.714. The number of aromatic nitrogens is 2. The summed E-state index contributed by atoms with van der Waals surface area (Å²) in [4.78, 5) is 35.5. The molecule has 1 aliphatic carbocycles. The van der Waals surface area contributed by atoms with Crippen LogP contribution in [0.4, 0.5) is 4.39 Å². The molecule has 8 nitrogen and oxygen atoms in total. The molecule has 3 rings (SSSR count). The number of amides is 1. The summed E-state index contributed by atoms with van der Waals surface area (Å²) in [7, 11) is 1.41. The lowest BCUT2D eigenvalue weighted by atomic mass is 9.82. The molecule has 30 heavy (non-hydrogen) atoms. The third kappa shape index (κ3) is 5.22. The Kier molecular flexibility index (Phi) is 6.81. The molecule has 9 heteroatoms. The summed E-state index contributed by atoms with van der Waals surface area (Å²) in [6, 6.07) is 6.77. The maximum absolute atomic E-state index is 13.4. The molecule has 2 N–H and O–H groups in total. The maximum Gasteiger partial charge on any atom is 0.306 e. The van der Waals surface area contributed by atoms with Crippen LogP contribution in [0.3, 0.4) is 0 Å². The van der Waals surface area contributed by atoms with Gasteiger partial charge in [-0.05, 0) is 49.8 Å². The smallest absolute Gasteiger partial charge is 0.306 e. The number of carbonyl (C=O) groups is 2. The predicted molar refractivity (Wildman–Crippen MR) is 107 cm³/mol. The molecule has 0 saturated heterocycles. The third-order valence-corrected chi connectivity index (χ3v) is 5.38. The van der Waals surface area contributed by atoms with E-state index >= 15 is 0 Å². The number of nitrogens with one attached hydrogen (secondary N) is 1. The standard InChI is InChI=1S/C21H24FN3O5/c1-30-18-10-15(22)6-7-16(18)17-8-9-20(27)25(24-17)12-19(26)23-11-13-2-4-14(5-3-13)21(28)29/h6-10,13-14H,2-5,11-12H2,1H3,(H,23,26)(H,28,29). The number of carboxylic acids is 1. The van der Waals surface area contributed by atoms with Gasteiger partial charge in [-0.15, -0.1) is 0 Å². The van der Waals surface area contributed by atoms with E-state index in [1.54, 1.807) is 0 Å². The van der Waals surface area contributed by atoms with Crippen LogP contribution in [0.1, 0.15) is 25.7 Å². The second-order valence-electron chi connectivity index (χ2n) is 7.42. The zero-order chi connectivity index (χ0) is 21.7. The Balaban J connectivity index is 1.63. The summed E-state index contributed by atoms with van der Waals surface area (Å²) in [5.41, 5.74) is 0.450. The van der Waals surface area contributed by atoms with Gasteiger partial charge < -0.3 is 15.2 Å². The Morgan fingerprint density at radius 2 is 1.97 bits per heavy atom. The first-order chi connectivity index (χ1) is 14.4. The van der Waals surface area contributed by atoms with Crippen LogP contribution in [-0.2, 0) is 16.1 Å². The number of rotatable bonds is 7. The van der Waals surface area contributed by atoms with E-state index in [9.17, 15) is 18.8 Å². The van der Waals surface area contributed by atoms with Crippen molar-refractivity contribution in [1.82, 2.24) is 15.1 Å². The molecule has 1 aromatic heterocycles. The molecule has 0 spiro atoms. The van der Waals surface area contributed by atoms with Crippen molar-refractivity contribution in [2.24, 2.45) is 11.8 Å². The molecule has 1 amide bonds. The Morgan fingerprint density at radius 1 is 1.23 bits per heavy atom. The van der Waals surface area contributed by atoms with Crippen LogP contribution < -0.4 is 15.6 Å². The van der Waals surface area contributed by atoms with Crippen molar-refractivity contribution in [1.29, 1.82) is 0 Å². The molecular formula is C21H24FN3O5. The molecule has 1 fully saturated rings. The first-order valence-corrected chi connectivity index (χ1v) is 9.79. The number of hydrogen-bond acceptors (Lipinski definition) is 5. The molecule has 0 radical (unpaired) electrons. The van der Waals surface area contributed by atoms with E-state index in [0.717, 1.165) is 17.5 Å². The number of aliphatic carboxylic acids is 1. The van der Waals surface area contributed by atoms with E-state index < -0.39 is 17.3 Å². The largest absolute Gasteiger partial charge is 0.496 e. The average Bonchev–Trinajstić information content (AvgIpc) is 2.74. The lowest BCUT2D eigenvalue weighted by molar-refractivity contribution is -0.143. The van der Waals surface area contributed by atoms with Gasteiger partial charge in [0.05, 0.1) is 18.7 Å². The van der Waals surface area contributed by atoms with E-state index in [1.807, 2.05) is 0 Å². The van der Waals surface area contributed by atoms with Crippen LogP contribution in [-0.4, -0.2) is 40.4 Å². The van der Waals surface area contributed by atoms with Gasteiger partial charge >= 0.3 is 5.97 Å². The lowest BCUT2D eigenvalue weighted by Gasteiger charge is -2.26. The molecular weight excluding hydrogens is 393 g/mol. The molecule has 1 aliphatic rings. The summed E-state index contributed by atoms with van der Waals surface area (Å²) in [5.74, 6) is -1.38. The van der Waals surface area contributed by atoms with Crippen molar-refractivity contribution in [2.45, 2.75) is 32.2 Å². The number of nitrogens with zero attached hydrogens (tertiary/aromatic N) is 2. The van der Waals surface area contributed by atoms with Crippen molar-refractivity contribution in [3.63, 3.8) is 0 Å². The number of halogens is 1. The highest BCUT2D eigenvalue weighted by atomic mass is 19.1. The first-order valence-electron chi connectivity index (χ1n) is 9.79. The van der Waals surface area contributed by atoms with E-state index in [0.29, 0.717) is 30.6 Å². The number of carbonyl (C=O) groups excluding carboxylic acids is 1. The summed E-state index contributed by atoms with van der Waals surface area (Å²) < 4.78 is 19.7. The lowest BCUT2D eigenvalue weighted by Crippen LogP contribution is -2.37. The maximum atomic E-state index is 13.4. The number of methoxy groups -OCH3 is 1. The number of ether oxygens (including phenoxy) is 1. The van der Waals surface area contributed by atoms with E-state index in [4.69, 9.17) is 9.84 Å². The van der Waals surface area contributed by atoms with E-state index in [2.05, 4.69) is 10.4 Å². The summed E-state index contributed by atoms with van der Waals surface area (Å²) >= 11 is 0. The molecule has 0 atom stereocenters. The van der Waals surface area contributed by atoms with E-state index in [1.165, 1.54) is 37.4 Å². The predicted octanol–water partition coefficient (Wildman–Crippen LogP) is 2.07. The Morgan fingerprint density at radius 3 is 2.63 bits per heavy atom. The van der Waals surface area contributed by atoms with Crippen molar-refractivity contribution < 1.29 is 23.8 Å². The molecule has 1 heterocycles. The van der Waals surface area contributed by atoms with Gasteiger partial charge in [0.2, 0.25) is 5.91 Å². The minimum Gasteiger partial charge on any atom is -0.496 e. The number of hydrogen-bond donors (Lipinski definition) is 2. The first kappa shape index (κ1) is 21.5. The van der Waals surface area contributed by atoms with Gasteiger partial charge in [-0.25, -0.2) is 9.07 Å². The minimum absolute atomic E-state index is 0.226. The Hall–Kier alpha value is -3.23. The SMILES string of the molecule is COc1cc(F)ccc1-c1ccc(=O)n(CC(=O)NCC2CCC(C(=O)O)CC2)n1. The van der Waals surface area contributed by atoms with Crippen molar-refractivity contribution >= 4 is 11.9 Å². The van der Waals surface area contributed by atoms with Crippen LogP contribution in [0.15, 0.2) is 35.1 Å². The molecule has 1 saturated carbocycles. The molecule has 0 bridgehead atoms. The van der Waals surface area contributed by atoms with Crippen molar-refractivity contribution in [3.05, 3.63) is 46.5 Å². The third-order valence-electron chi connectivity index (χ3n) is 5.38. The van der Waals surface area contributed by atoms with Gasteiger partial charge in [-0.2, -0.15) is 5.10 Å². The number of benzene rings is 1. The second kappa shape index (κ2) is 9.51. The van der Waals surface area contributed by atoms with E-state index in [-0.39, 0.29) is 30.0 Å². The van der Waals surface area contributed by atoms with Crippen LogP contribution in [0.25, 0.3) is 11.3 Å².